The van der Waals surface area contributed by atoms with Crippen LogP contribution in [0.3, 0.4) is 0 Å². The Labute approximate surface area is 178 Å². The standard InChI is InChI=1S/C20H25F2N9/c1-19(2)8-12(9-20(3,4)28-19)25-17-15(22)10-23-18(27-17)26-16-7-13(5-6-14(16)21)31-11-24-29-30-31/h5-7,10-12,28H,8-9H2,1-4H3,(H2,23,25,26,27). The summed E-state index contributed by atoms with van der Waals surface area (Å²) in [4.78, 5) is 8.20. The molecule has 0 amide bonds. The maximum Gasteiger partial charge on any atom is 0.229 e. The van der Waals surface area contributed by atoms with E-state index in [1.807, 2.05) is 0 Å². The summed E-state index contributed by atoms with van der Waals surface area (Å²) in [5.41, 5.74) is 0.455. The number of nitrogens with zero attached hydrogens (tertiary/aromatic N) is 6. The number of benzene rings is 1. The van der Waals surface area contributed by atoms with Crippen LogP contribution in [0.5, 0.6) is 0 Å². The lowest BCUT2D eigenvalue weighted by atomic mass is 9.79. The summed E-state index contributed by atoms with van der Waals surface area (Å²) in [6, 6.07) is 4.35. The van der Waals surface area contributed by atoms with Crippen LogP contribution in [-0.2, 0) is 0 Å². The van der Waals surface area contributed by atoms with Crippen molar-refractivity contribution in [2.24, 2.45) is 0 Å². The van der Waals surface area contributed by atoms with Gasteiger partial charge in [-0.25, -0.2) is 18.4 Å². The first-order valence-corrected chi connectivity index (χ1v) is 9.99. The van der Waals surface area contributed by atoms with E-state index in [0.29, 0.717) is 5.69 Å². The molecule has 4 rings (SSSR count). The van der Waals surface area contributed by atoms with E-state index in [2.05, 4.69) is 69.1 Å². The van der Waals surface area contributed by atoms with E-state index in [1.54, 1.807) is 0 Å². The Hall–Kier alpha value is -3.21. The minimum absolute atomic E-state index is 0.0170. The van der Waals surface area contributed by atoms with Gasteiger partial charge in [0.25, 0.3) is 0 Å². The van der Waals surface area contributed by atoms with Crippen LogP contribution in [0, 0.1) is 11.6 Å². The largest absolute Gasteiger partial charge is 0.365 e. The van der Waals surface area contributed by atoms with Crippen molar-refractivity contribution in [3.63, 3.8) is 0 Å². The number of piperidine rings is 1. The third kappa shape index (κ3) is 4.93. The van der Waals surface area contributed by atoms with Gasteiger partial charge in [-0.15, -0.1) is 5.10 Å². The van der Waals surface area contributed by atoms with Gasteiger partial charge in [0.05, 0.1) is 17.6 Å². The zero-order chi connectivity index (χ0) is 22.2. The van der Waals surface area contributed by atoms with E-state index in [4.69, 9.17) is 0 Å². The molecule has 1 saturated heterocycles. The van der Waals surface area contributed by atoms with Crippen LogP contribution < -0.4 is 16.0 Å². The van der Waals surface area contributed by atoms with Crippen molar-refractivity contribution in [1.29, 1.82) is 0 Å². The van der Waals surface area contributed by atoms with Crippen LogP contribution in [0.15, 0.2) is 30.7 Å². The molecule has 3 heterocycles. The number of aromatic nitrogens is 6. The summed E-state index contributed by atoms with van der Waals surface area (Å²) >= 11 is 0. The average Bonchev–Trinajstić information content (AvgIpc) is 3.18. The van der Waals surface area contributed by atoms with Gasteiger partial charge in [0.2, 0.25) is 5.95 Å². The molecule has 0 saturated carbocycles. The lowest BCUT2D eigenvalue weighted by molar-refractivity contribution is 0.170. The molecule has 0 spiro atoms. The molecule has 0 aliphatic carbocycles. The third-order valence-corrected chi connectivity index (χ3v) is 5.09. The number of anilines is 3. The highest BCUT2D eigenvalue weighted by Crippen LogP contribution is 2.31. The van der Waals surface area contributed by atoms with Gasteiger partial charge in [0.1, 0.15) is 12.1 Å². The summed E-state index contributed by atoms with van der Waals surface area (Å²) in [7, 11) is 0. The van der Waals surface area contributed by atoms with Gasteiger partial charge in [-0.2, -0.15) is 4.98 Å². The Kier molecular flexibility index (Phi) is 5.29. The number of tetrazole rings is 1. The number of rotatable bonds is 5. The van der Waals surface area contributed by atoms with Crippen molar-refractivity contribution in [3.05, 3.63) is 42.4 Å². The SMILES string of the molecule is CC1(C)CC(Nc2nc(Nc3cc(-n4cnnn4)ccc3F)ncc2F)CC(C)(C)N1. The van der Waals surface area contributed by atoms with Crippen molar-refractivity contribution < 1.29 is 8.78 Å². The van der Waals surface area contributed by atoms with Crippen molar-refractivity contribution in [3.8, 4) is 5.69 Å². The molecule has 1 fully saturated rings. The molecule has 0 unspecified atom stereocenters. The molecule has 1 aliphatic rings. The van der Waals surface area contributed by atoms with Gasteiger partial charge < -0.3 is 16.0 Å². The number of halogens is 2. The van der Waals surface area contributed by atoms with Gasteiger partial charge in [0, 0.05) is 17.1 Å². The molecule has 0 atom stereocenters. The van der Waals surface area contributed by atoms with Crippen LogP contribution in [0.4, 0.5) is 26.2 Å². The summed E-state index contributed by atoms with van der Waals surface area (Å²) in [6.45, 7) is 8.47. The maximum atomic E-state index is 14.4. The first kappa shape index (κ1) is 21.0. The molecule has 9 nitrogen and oxygen atoms in total. The topological polar surface area (TPSA) is 105 Å². The summed E-state index contributed by atoms with van der Waals surface area (Å²) < 4.78 is 30.2. The molecule has 2 aromatic heterocycles. The zero-order valence-electron chi connectivity index (χ0n) is 17.8. The Balaban J connectivity index is 1.55. The third-order valence-electron chi connectivity index (χ3n) is 5.09. The van der Waals surface area contributed by atoms with Crippen molar-refractivity contribution in [1.82, 2.24) is 35.5 Å². The first-order chi connectivity index (χ1) is 14.6. The molecule has 1 aliphatic heterocycles. The molecule has 3 N–H and O–H groups in total. The monoisotopic (exact) mass is 429 g/mol. The first-order valence-electron chi connectivity index (χ1n) is 9.99. The van der Waals surface area contributed by atoms with Crippen LogP contribution in [0.25, 0.3) is 5.69 Å². The zero-order valence-corrected chi connectivity index (χ0v) is 17.8. The summed E-state index contributed by atoms with van der Waals surface area (Å²) in [6.07, 6.45) is 4.06. The lowest BCUT2D eigenvalue weighted by Gasteiger charge is -2.46. The van der Waals surface area contributed by atoms with Gasteiger partial charge in [-0.3, -0.25) is 0 Å². The Morgan fingerprint density at radius 1 is 1.10 bits per heavy atom. The van der Waals surface area contributed by atoms with Crippen LogP contribution >= 0.6 is 0 Å². The minimum Gasteiger partial charge on any atom is -0.365 e. The smallest absolute Gasteiger partial charge is 0.229 e. The van der Waals surface area contributed by atoms with Crippen molar-refractivity contribution in [2.45, 2.75) is 57.7 Å². The molecule has 0 radical (unpaired) electrons. The number of hydrogen-bond donors (Lipinski definition) is 3. The summed E-state index contributed by atoms with van der Waals surface area (Å²) in [5.74, 6) is -0.930. The molecule has 31 heavy (non-hydrogen) atoms. The maximum absolute atomic E-state index is 14.4. The normalized spacial score (nSPS) is 18.0. The van der Waals surface area contributed by atoms with E-state index in [-0.39, 0.29) is 34.6 Å². The molecule has 0 bridgehead atoms. The molecular weight excluding hydrogens is 404 g/mol. The second kappa shape index (κ2) is 7.80. The summed E-state index contributed by atoms with van der Waals surface area (Å²) in [5, 5.41) is 20.5. The second-order valence-electron chi connectivity index (χ2n) is 9.08. The van der Waals surface area contributed by atoms with Crippen molar-refractivity contribution in [2.75, 3.05) is 10.6 Å². The van der Waals surface area contributed by atoms with Gasteiger partial charge >= 0.3 is 0 Å². The van der Waals surface area contributed by atoms with Crippen molar-refractivity contribution >= 4 is 17.5 Å². The quantitative estimate of drug-likeness (QED) is 0.568. The van der Waals surface area contributed by atoms with E-state index in [1.165, 1.54) is 29.2 Å². The molecule has 164 valence electrons. The van der Waals surface area contributed by atoms with Crippen LogP contribution in [0.1, 0.15) is 40.5 Å². The molecule has 1 aromatic carbocycles. The van der Waals surface area contributed by atoms with Gasteiger partial charge in [-0.05, 0) is 69.2 Å². The molecule has 3 aromatic rings. The van der Waals surface area contributed by atoms with Gasteiger partial charge in [0.15, 0.2) is 11.6 Å². The number of nitrogens with one attached hydrogen (secondary N) is 3. The fourth-order valence-corrected chi connectivity index (χ4v) is 4.30. The highest BCUT2D eigenvalue weighted by molar-refractivity contribution is 5.59. The van der Waals surface area contributed by atoms with E-state index in [9.17, 15) is 8.78 Å². The van der Waals surface area contributed by atoms with E-state index in [0.717, 1.165) is 19.0 Å². The molecule has 11 heteroatoms. The van der Waals surface area contributed by atoms with E-state index < -0.39 is 11.6 Å². The Morgan fingerprint density at radius 3 is 2.52 bits per heavy atom. The van der Waals surface area contributed by atoms with Gasteiger partial charge in [-0.1, -0.05) is 0 Å². The number of hydrogen-bond acceptors (Lipinski definition) is 8. The Bertz CT molecular complexity index is 1050. The van der Waals surface area contributed by atoms with Crippen LogP contribution in [0.2, 0.25) is 0 Å². The minimum atomic E-state index is -0.567. The van der Waals surface area contributed by atoms with Crippen LogP contribution in [-0.4, -0.2) is 47.3 Å². The Morgan fingerprint density at radius 2 is 1.84 bits per heavy atom. The average molecular weight is 429 g/mol. The molecular formula is C20H25F2N9. The highest BCUT2D eigenvalue weighted by Gasteiger charge is 2.38. The highest BCUT2D eigenvalue weighted by atomic mass is 19.1. The fourth-order valence-electron chi connectivity index (χ4n) is 4.30. The predicted molar refractivity (Wildman–Crippen MR) is 112 cm³/mol. The predicted octanol–water partition coefficient (Wildman–Crippen LogP) is 3.20. The second-order valence-corrected chi connectivity index (χ2v) is 9.08. The fraction of sp³-hybridized carbons (Fsp3) is 0.450. The lowest BCUT2D eigenvalue weighted by Crippen LogP contribution is -2.60. The van der Waals surface area contributed by atoms with E-state index >= 15 is 0 Å².